The number of benzene rings is 1. The molecule has 1 aromatic carbocycles. The van der Waals surface area contributed by atoms with E-state index in [2.05, 4.69) is 5.32 Å². The van der Waals surface area contributed by atoms with Gasteiger partial charge >= 0.3 is 0 Å². The molecule has 0 spiro atoms. The van der Waals surface area contributed by atoms with Crippen molar-refractivity contribution in [2.45, 2.75) is 13.3 Å². The van der Waals surface area contributed by atoms with Crippen molar-refractivity contribution in [3.63, 3.8) is 0 Å². The summed E-state index contributed by atoms with van der Waals surface area (Å²) < 4.78 is 0. The summed E-state index contributed by atoms with van der Waals surface area (Å²) in [6.45, 7) is 1.88. The topological polar surface area (TPSA) is 29.1 Å². The summed E-state index contributed by atoms with van der Waals surface area (Å²) in [7, 11) is 0. The first-order chi connectivity index (χ1) is 7.81. The van der Waals surface area contributed by atoms with Gasteiger partial charge < -0.3 is 5.32 Å². The average Bonchev–Trinajstić information content (AvgIpc) is 2.82. The Morgan fingerprint density at radius 2 is 2.06 bits per heavy atom. The third kappa shape index (κ3) is 2.31. The van der Waals surface area contributed by atoms with Gasteiger partial charge in [0.05, 0.1) is 5.00 Å². The van der Waals surface area contributed by atoms with Crippen LogP contribution in [0, 0.1) is 0 Å². The van der Waals surface area contributed by atoms with Crippen molar-refractivity contribution in [1.82, 2.24) is 0 Å². The van der Waals surface area contributed by atoms with Gasteiger partial charge in [-0.1, -0.05) is 19.1 Å². The van der Waals surface area contributed by atoms with Crippen molar-refractivity contribution in [3.05, 3.63) is 47.3 Å². The molecule has 0 saturated carbocycles. The molecule has 0 atom stereocenters. The second kappa shape index (κ2) is 4.94. The molecule has 0 fully saturated rings. The molecule has 0 aliphatic carbocycles. The van der Waals surface area contributed by atoms with Gasteiger partial charge in [0.25, 0.3) is 0 Å². The number of hydrogen-bond donors (Lipinski definition) is 1. The highest BCUT2D eigenvalue weighted by Gasteiger charge is 2.08. The van der Waals surface area contributed by atoms with Gasteiger partial charge in [-0.15, -0.1) is 11.3 Å². The molecule has 0 amide bonds. The van der Waals surface area contributed by atoms with Crippen molar-refractivity contribution < 1.29 is 4.79 Å². The fourth-order valence-corrected chi connectivity index (χ4v) is 2.14. The second-order valence-corrected chi connectivity index (χ2v) is 4.37. The molecule has 0 aliphatic heterocycles. The molecule has 0 radical (unpaired) electrons. The molecule has 0 saturated heterocycles. The highest BCUT2D eigenvalue weighted by atomic mass is 32.1. The lowest BCUT2D eigenvalue weighted by Crippen LogP contribution is -2.01. The van der Waals surface area contributed by atoms with Crippen molar-refractivity contribution >= 4 is 27.8 Å². The largest absolute Gasteiger partial charge is 0.347 e. The summed E-state index contributed by atoms with van der Waals surface area (Å²) in [6.07, 6.45) is 0.531. The van der Waals surface area contributed by atoms with Crippen LogP contribution in [-0.4, -0.2) is 5.78 Å². The van der Waals surface area contributed by atoms with Crippen LogP contribution in [0.2, 0.25) is 0 Å². The van der Waals surface area contributed by atoms with Gasteiger partial charge in [0.2, 0.25) is 0 Å². The highest BCUT2D eigenvalue weighted by molar-refractivity contribution is 7.14. The summed E-state index contributed by atoms with van der Waals surface area (Å²) in [5.41, 5.74) is 1.65. The molecular weight excluding hydrogens is 218 g/mol. The number of hydrogen-bond acceptors (Lipinski definition) is 3. The first-order valence-corrected chi connectivity index (χ1v) is 6.12. The van der Waals surface area contributed by atoms with Crippen molar-refractivity contribution in [3.8, 4) is 0 Å². The molecule has 3 heteroatoms. The predicted molar refractivity (Wildman–Crippen MR) is 68.7 cm³/mol. The van der Waals surface area contributed by atoms with Crippen molar-refractivity contribution in [2.24, 2.45) is 0 Å². The van der Waals surface area contributed by atoms with Gasteiger partial charge in [0, 0.05) is 17.7 Å². The zero-order valence-corrected chi connectivity index (χ0v) is 9.88. The Labute approximate surface area is 98.9 Å². The summed E-state index contributed by atoms with van der Waals surface area (Å²) in [6, 6.07) is 11.6. The molecule has 2 nitrogen and oxygen atoms in total. The minimum Gasteiger partial charge on any atom is -0.347 e. The SMILES string of the molecule is CCC(=O)c1ccccc1Nc1cccs1. The van der Waals surface area contributed by atoms with Gasteiger partial charge in [-0.05, 0) is 29.6 Å². The van der Waals surface area contributed by atoms with E-state index in [0.29, 0.717) is 6.42 Å². The Balaban J connectivity index is 2.30. The van der Waals surface area contributed by atoms with Crippen molar-refractivity contribution in [2.75, 3.05) is 5.32 Å². The smallest absolute Gasteiger partial charge is 0.164 e. The van der Waals surface area contributed by atoms with Crippen molar-refractivity contribution in [1.29, 1.82) is 0 Å². The van der Waals surface area contributed by atoms with Gasteiger partial charge in [0.15, 0.2) is 5.78 Å². The zero-order chi connectivity index (χ0) is 11.4. The Kier molecular flexibility index (Phi) is 3.37. The number of carbonyl (C=O) groups is 1. The maximum Gasteiger partial charge on any atom is 0.164 e. The molecule has 2 aromatic rings. The van der Waals surface area contributed by atoms with Crippen LogP contribution >= 0.6 is 11.3 Å². The van der Waals surface area contributed by atoms with Gasteiger partial charge in [0.1, 0.15) is 0 Å². The molecule has 0 unspecified atom stereocenters. The maximum absolute atomic E-state index is 11.7. The number of para-hydroxylation sites is 1. The Bertz CT molecular complexity index is 476. The fourth-order valence-electron chi connectivity index (χ4n) is 1.51. The minimum atomic E-state index is 0.166. The quantitative estimate of drug-likeness (QED) is 0.803. The number of carbonyl (C=O) groups excluding carboxylic acids is 1. The van der Waals surface area contributed by atoms with Crippen LogP contribution in [0.5, 0.6) is 0 Å². The molecule has 16 heavy (non-hydrogen) atoms. The number of anilines is 2. The molecule has 1 N–H and O–H groups in total. The average molecular weight is 231 g/mol. The van der Waals surface area contributed by atoms with Gasteiger partial charge in [-0.3, -0.25) is 4.79 Å². The first kappa shape index (κ1) is 10.9. The normalized spacial score (nSPS) is 10.1. The van der Waals surface area contributed by atoms with Crippen LogP contribution in [0.15, 0.2) is 41.8 Å². The number of rotatable bonds is 4. The van der Waals surface area contributed by atoms with Crippen LogP contribution in [-0.2, 0) is 0 Å². The summed E-state index contributed by atoms with van der Waals surface area (Å²) >= 11 is 1.62. The zero-order valence-electron chi connectivity index (χ0n) is 9.07. The molecule has 0 bridgehead atoms. The van der Waals surface area contributed by atoms with Crippen LogP contribution in [0.1, 0.15) is 23.7 Å². The van der Waals surface area contributed by atoms with E-state index in [4.69, 9.17) is 0 Å². The third-order valence-corrected chi connectivity index (χ3v) is 3.11. The third-order valence-electron chi connectivity index (χ3n) is 2.33. The summed E-state index contributed by atoms with van der Waals surface area (Å²) in [5, 5.41) is 6.32. The molecule has 1 aromatic heterocycles. The number of ketones is 1. The lowest BCUT2D eigenvalue weighted by molar-refractivity contribution is 0.0989. The van der Waals surface area contributed by atoms with Gasteiger partial charge in [-0.2, -0.15) is 0 Å². The number of nitrogens with one attached hydrogen (secondary N) is 1. The second-order valence-electron chi connectivity index (χ2n) is 3.42. The Morgan fingerprint density at radius 1 is 1.25 bits per heavy atom. The van der Waals surface area contributed by atoms with E-state index in [-0.39, 0.29) is 5.78 Å². The van der Waals surface area contributed by atoms with Crippen LogP contribution in [0.4, 0.5) is 10.7 Å². The molecule has 2 rings (SSSR count). The van der Waals surface area contributed by atoms with E-state index in [1.807, 2.05) is 48.7 Å². The standard InChI is InChI=1S/C13H13NOS/c1-2-12(15)10-6-3-4-7-11(10)14-13-8-5-9-16-13/h3-9,14H,2H2,1H3. The number of Topliss-reactive ketones (excluding diaryl/α,β-unsaturated/α-hetero) is 1. The molecular formula is C13H13NOS. The van der Waals surface area contributed by atoms with E-state index in [1.165, 1.54) is 0 Å². The predicted octanol–water partition coefficient (Wildman–Crippen LogP) is 4.08. The molecule has 82 valence electrons. The van der Waals surface area contributed by atoms with E-state index < -0.39 is 0 Å². The maximum atomic E-state index is 11.7. The lowest BCUT2D eigenvalue weighted by Gasteiger charge is -2.08. The van der Waals surface area contributed by atoms with Gasteiger partial charge in [-0.25, -0.2) is 0 Å². The minimum absolute atomic E-state index is 0.166. The first-order valence-electron chi connectivity index (χ1n) is 5.24. The van der Waals surface area contributed by atoms with Crippen LogP contribution in [0.25, 0.3) is 0 Å². The van der Waals surface area contributed by atoms with E-state index >= 15 is 0 Å². The Morgan fingerprint density at radius 3 is 2.75 bits per heavy atom. The summed E-state index contributed by atoms with van der Waals surface area (Å²) in [4.78, 5) is 11.7. The summed E-state index contributed by atoms with van der Waals surface area (Å²) in [5.74, 6) is 0.166. The monoisotopic (exact) mass is 231 g/mol. The highest BCUT2D eigenvalue weighted by Crippen LogP contribution is 2.24. The molecule has 0 aliphatic rings. The van der Waals surface area contributed by atoms with Crippen LogP contribution in [0.3, 0.4) is 0 Å². The van der Waals surface area contributed by atoms with E-state index in [0.717, 1.165) is 16.3 Å². The lowest BCUT2D eigenvalue weighted by atomic mass is 10.1. The van der Waals surface area contributed by atoms with E-state index in [9.17, 15) is 4.79 Å². The molecule has 1 heterocycles. The van der Waals surface area contributed by atoms with Crippen LogP contribution < -0.4 is 5.32 Å². The number of thiophene rings is 1. The van der Waals surface area contributed by atoms with E-state index in [1.54, 1.807) is 11.3 Å². The fraction of sp³-hybridized carbons (Fsp3) is 0.154. The Hall–Kier alpha value is -1.61.